The first-order chi connectivity index (χ1) is 11.0. The first kappa shape index (κ1) is 21.6. The molecule has 1 fully saturated rings. The van der Waals surface area contributed by atoms with Gasteiger partial charge in [0, 0.05) is 43.2 Å². The van der Waals surface area contributed by atoms with Crippen molar-refractivity contribution in [2.45, 2.75) is 57.7 Å². The fourth-order valence-electron chi connectivity index (χ4n) is 3.23. The van der Waals surface area contributed by atoms with E-state index < -0.39 is 0 Å². The molecule has 0 spiro atoms. The first-order valence-corrected chi connectivity index (χ1v) is 9.63. The summed E-state index contributed by atoms with van der Waals surface area (Å²) in [4.78, 5) is 4.37. The minimum Gasteiger partial charge on any atom is -0.355 e. The summed E-state index contributed by atoms with van der Waals surface area (Å²) >= 11 is 2.07. The van der Waals surface area contributed by atoms with Crippen molar-refractivity contribution in [3.63, 3.8) is 0 Å². The van der Waals surface area contributed by atoms with Gasteiger partial charge in [-0.3, -0.25) is 9.67 Å². The Labute approximate surface area is 167 Å². The molecule has 2 rings (SSSR count). The summed E-state index contributed by atoms with van der Waals surface area (Å²) in [5, 5.41) is 11.6. The van der Waals surface area contributed by atoms with Crippen molar-refractivity contribution >= 4 is 41.7 Å². The van der Waals surface area contributed by atoms with E-state index in [2.05, 4.69) is 53.3 Å². The zero-order chi connectivity index (χ0) is 16.9. The van der Waals surface area contributed by atoms with E-state index in [4.69, 9.17) is 0 Å². The molecule has 1 unspecified atom stereocenters. The van der Waals surface area contributed by atoms with Crippen molar-refractivity contribution in [1.82, 2.24) is 20.4 Å². The van der Waals surface area contributed by atoms with Gasteiger partial charge in [-0.1, -0.05) is 13.8 Å². The number of rotatable bonds is 6. The van der Waals surface area contributed by atoms with E-state index in [-0.39, 0.29) is 24.0 Å². The summed E-state index contributed by atoms with van der Waals surface area (Å²) in [6.45, 7) is 8.44. The van der Waals surface area contributed by atoms with Crippen LogP contribution in [0.15, 0.2) is 4.99 Å². The van der Waals surface area contributed by atoms with Crippen LogP contribution in [0.4, 0.5) is 0 Å². The lowest BCUT2D eigenvalue weighted by Gasteiger charge is -2.24. The molecule has 1 aliphatic rings. The minimum atomic E-state index is 0. The molecular formula is C17H32IN5S. The van der Waals surface area contributed by atoms with Gasteiger partial charge in [0.25, 0.3) is 0 Å². The lowest BCUT2D eigenvalue weighted by Crippen LogP contribution is -2.43. The van der Waals surface area contributed by atoms with Crippen LogP contribution in [-0.4, -0.2) is 39.8 Å². The molecule has 0 aliphatic carbocycles. The molecule has 2 heterocycles. The van der Waals surface area contributed by atoms with Gasteiger partial charge in [-0.25, -0.2) is 0 Å². The Morgan fingerprint density at radius 3 is 2.62 bits per heavy atom. The van der Waals surface area contributed by atoms with E-state index in [0.29, 0.717) is 4.75 Å². The highest BCUT2D eigenvalue weighted by Gasteiger charge is 2.29. The number of aromatic nitrogens is 2. The largest absolute Gasteiger partial charge is 0.355 e. The standard InChI is InChI=1S/C17H31N5S.HI/c1-6-14-13(15(7-2)22(5)21-14)11-19-16(18-4)20-12-17(3)9-8-10-23-17;/h6-12H2,1-5H3,(H2,18,19,20);1H. The van der Waals surface area contributed by atoms with E-state index in [1.807, 2.05) is 18.8 Å². The fraction of sp³-hybridized carbons (Fsp3) is 0.765. The second kappa shape index (κ2) is 9.89. The zero-order valence-corrected chi connectivity index (χ0v) is 18.8. The van der Waals surface area contributed by atoms with Gasteiger partial charge in [-0.2, -0.15) is 16.9 Å². The molecule has 0 radical (unpaired) electrons. The third-order valence-corrected chi connectivity index (χ3v) is 6.15. The summed E-state index contributed by atoms with van der Waals surface area (Å²) in [7, 11) is 3.87. The van der Waals surface area contributed by atoms with Gasteiger partial charge in [0.1, 0.15) is 0 Å². The summed E-state index contributed by atoms with van der Waals surface area (Å²) < 4.78 is 2.36. The molecule has 1 atom stereocenters. The predicted molar refractivity (Wildman–Crippen MR) is 116 cm³/mol. The van der Waals surface area contributed by atoms with Crippen LogP contribution in [-0.2, 0) is 26.4 Å². The third-order valence-electron chi connectivity index (χ3n) is 4.61. The lowest BCUT2D eigenvalue weighted by atomic mass is 10.1. The maximum atomic E-state index is 4.64. The Kier molecular flexibility index (Phi) is 8.90. The SMILES string of the molecule is CCc1nn(C)c(CC)c1CNC(=NC)NCC1(C)CCCS1.I. The molecule has 0 saturated carbocycles. The number of hydrogen-bond acceptors (Lipinski definition) is 3. The number of thioether (sulfide) groups is 1. The Hall–Kier alpha value is -0.440. The maximum absolute atomic E-state index is 4.64. The quantitative estimate of drug-likeness (QED) is 0.385. The van der Waals surface area contributed by atoms with E-state index in [1.54, 1.807) is 0 Å². The summed E-state index contributed by atoms with van der Waals surface area (Å²) in [5.41, 5.74) is 3.82. The molecule has 0 amide bonds. The van der Waals surface area contributed by atoms with Crippen molar-refractivity contribution in [2.24, 2.45) is 12.0 Å². The molecule has 1 saturated heterocycles. The van der Waals surface area contributed by atoms with Gasteiger partial charge in [0.05, 0.1) is 5.69 Å². The topological polar surface area (TPSA) is 54.2 Å². The van der Waals surface area contributed by atoms with Crippen molar-refractivity contribution in [2.75, 3.05) is 19.3 Å². The van der Waals surface area contributed by atoms with E-state index in [9.17, 15) is 0 Å². The van der Waals surface area contributed by atoms with Gasteiger partial charge >= 0.3 is 0 Å². The number of nitrogens with one attached hydrogen (secondary N) is 2. The molecular weight excluding hydrogens is 433 g/mol. The Balaban J connectivity index is 0.00000288. The van der Waals surface area contributed by atoms with E-state index >= 15 is 0 Å². The molecule has 0 bridgehead atoms. The highest BCUT2D eigenvalue weighted by molar-refractivity contribution is 14.0. The molecule has 0 aromatic carbocycles. The van der Waals surface area contributed by atoms with Crippen molar-refractivity contribution < 1.29 is 0 Å². The van der Waals surface area contributed by atoms with Crippen LogP contribution in [0.2, 0.25) is 0 Å². The monoisotopic (exact) mass is 465 g/mol. The predicted octanol–water partition coefficient (Wildman–Crippen LogP) is 3.11. The van der Waals surface area contributed by atoms with Crippen molar-refractivity contribution in [3.8, 4) is 0 Å². The summed E-state index contributed by atoms with van der Waals surface area (Å²) in [6.07, 6.45) is 4.57. The second-order valence-electron chi connectivity index (χ2n) is 6.38. The Morgan fingerprint density at radius 2 is 2.08 bits per heavy atom. The normalized spacial score (nSPS) is 20.8. The van der Waals surface area contributed by atoms with Crippen LogP contribution in [0.5, 0.6) is 0 Å². The molecule has 1 aromatic heterocycles. The zero-order valence-electron chi connectivity index (χ0n) is 15.6. The molecule has 5 nitrogen and oxygen atoms in total. The molecule has 138 valence electrons. The van der Waals surface area contributed by atoms with Crippen LogP contribution < -0.4 is 10.6 Å². The third kappa shape index (κ3) is 5.28. The number of aryl methyl sites for hydroxylation is 2. The number of nitrogens with zero attached hydrogens (tertiary/aromatic N) is 3. The smallest absolute Gasteiger partial charge is 0.191 e. The highest BCUT2D eigenvalue weighted by Crippen LogP contribution is 2.36. The second-order valence-corrected chi connectivity index (χ2v) is 8.07. The van der Waals surface area contributed by atoms with Crippen molar-refractivity contribution in [3.05, 3.63) is 17.0 Å². The molecule has 24 heavy (non-hydrogen) atoms. The molecule has 1 aromatic rings. The number of halogens is 1. The average Bonchev–Trinajstić information content (AvgIpc) is 3.11. The Bertz CT molecular complexity index is 549. The van der Waals surface area contributed by atoms with Gasteiger partial charge in [0.15, 0.2) is 5.96 Å². The minimum absolute atomic E-state index is 0. The van der Waals surface area contributed by atoms with Crippen LogP contribution in [0.25, 0.3) is 0 Å². The van der Waals surface area contributed by atoms with Gasteiger partial charge in [-0.15, -0.1) is 24.0 Å². The average molecular weight is 465 g/mol. The fourth-order valence-corrected chi connectivity index (χ4v) is 4.48. The lowest BCUT2D eigenvalue weighted by molar-refractivity contribution is 0.584. The first-order valence-electron chi connectivity index (χ1n) is 8.65. The van der Waals surface area contributed by atoms with E-state index in [1.165, 1.54) is 35.5 Å². The highest BCUT2D eigenvalue weighted by atomic mass is 127. The summed E-state index contributed by atoms with van der Waals surface area (Å²) in [5.74, 6) is 2.16. The van der Waals surface area contributed by atoms with E-state index in [0.717, 1.165) is 31.9 Å². The number of guanidine groups is 1. The number of hydrogen-bond donors (Lipinski definition) is 2. The molecule has 7 heteroatoms. The van der Waals surface area contributed by atoms with Crippen LogP contribution in [0.3, 0.4) is 0 Å². The van der Waals surface area contributed by atoms with Crippen LogP contribution >= 0.6 is 35.7 Å². The molecule has 2 N–H and O–H groups in total. The van der Waals surface area contributed by atoms with Crippen LogP contribution in [0.1, 0.15) is 50.6 Å². The van der Waals surface area contributed by atoms with Gasteiger partial charge < -0.3 is 10.6 Å². The van der Waals surface area contributed by atoms with Gasteiger partial charge in [0.2, 0.25) is 0 Å². The van der Waals surface area contributed by atoms with Crippen LogP contribution in [0, 0.1) is 0 Å². The molecule has 1 aliphatic heterocycles. The number of aliphatic imine (C=N–C) groups is 1. The van der Waals surface area contributed by atoms with Gasteiger partial charge in [-0.05, 0) is 38.4 Å². The van der Waals surface area contributed by atoms with Crippen molar-refractivity contribution in [1.29, 1.82) is 0 Å². The maximum Gasteiger partial charge on any atom is 0.191 e. The summed E-state index contributed by atoms with van der Waals surface area (Å²) in [6, 6.07) is 0. The Morgan fingerprint density at radius 1 is 1.33 bits per heavy atom.